The number of rotatable bonds is 4. The molecule has 2 N–H and O–H groups in total. The third kappa shape index (κ3) is 10.2. The first-order valence-corrected chi connectivity index (χ1v) is 6.83. The highest BCUT2D eigenvalue weighted by atomic mass is 33.1. The Balaban J connectivity index is 3.79. The van der Waals surface area contributed by atoms with Crippen LogP contribution in [0.5, 0.6) is 0 Å². The van der Waals surface area contributed by atoms with Crippen molar-refractivity contribution in [3.05, 3.63) is 0 Å². The standard InChI is InChI=1S/C2H6O6S3/c3-10(4,5)2-1-9-11(6,7)8/h1-2H2,(H,3,4,5)(H,6,7,8). The van der Waals surface area contributed by atoms with Gasteiger partial charge in [-0.25, -0.2) is 0 Å². The Labute approximate surface area is 67.9 Å². The van der Waals surface area contributed by atoms with Crippen molar-refractivity contribution in [1.29, 1.82) is 0 Å². The van der Waals surface area contributed by atoms with E-state index in [4.69, 9.17) is 9.11 Å². The van der Waals surface area contributed by atoms with Crippen molar-refractivity contribution in [3.8, 4) is 0 Å². The van der Waals surface area contributed by atoms with Crippen LogP contribution < -0.4 is 0 Å². The van der Waals surface area contributed by atoms with Crippen LogP contribution in [0.2, 0.25) is 0 Å². The van der Waals surface area contributed by atoms with E-state index in [1.165, 1.54) is 0 Å². The van der Waals surface area contributed by atoms with Crippen LogP contribution in [0, 0.1) is 0 Å². The molecule has 0 atom stereocenters. The van der Waals surface area contributed by atoms with E-state index < -0.39 is 30.8 Å². The molecule has 0 heterocycles. The summed E-state index contributed by atoms with van der Waals surface area (Å²) in [6, 6.07) is 0. The molecule has 0 fully saturated rings. The molecule has 0 aromatic heterocycles. The van der Waals surface area contributed by atoms with Gasteiger partial charge in [0, 0.05) is 5.75 Å². The zero-order valence-corrected chi connectivity index (χ0v) is 7.62. The summed E-state index contributed by atoms with van der Waals surface area (Å²) < 4.78 is 56.1. The van der Waals surface area contributed by atoms with E-state index in [9.17, 15) is 16.8 Å². The molecule has 6 nitrogen and oxygen atoms in total. The quantitative estimate of drug-likeness (QED) is 0.483. The molecule has 0 saturated carbocycles. The Bertz CT molecular complexity index is 265. The maximum Gasteiger partial charge on any atom is 0.319 e. The largest absolute Gasteiger partial charge is 0.319 e. The van der Waals surface area contributed by atoms with Gasteiger partial charge in [-0.1, -0.05) is 0 Å². The van der Waals surface area contributed by atoms with Gasteiger partial charge in [-0.2, -0.15) is 16.8 Å². The molecule has 11 heavy (non-hydrogen) atoms. The second-order valence-corrected chi connectivity index (χ2v) is 6.58. The molecule has 0 saturated heterocycles. The first-order chi connectivity index (χ1) is 4.71. The van der Waals surface area contributed by atoms with E-state index >= 15 is 0 Å². The summed E-state index contributed by atoms with van der Waals surface area (Å²) in [7, 11) is -8.30. The molecule has 0 bridgehead atoms. The molecule has 0 aliphatic carbocycles. The van der Waals surface area contributed by atoms with Gasteiger partial charge in [-0.3, -0.25) is 9.11 Å². The number of hydrogen-bond donors (Lipinski definition) is 2. The Morgan fingerprint density at radius 1 is 1.09 bits per heavy atom. The first kappa shape index (κ1) is 11.2. The van der Waals surface area contributed by atoms with Crippen LogP contribution in [0.4, 0.5) is 0 Å². The summed E-state index contributed by atoms with van der Waals surface area (Å²) in [6.45, 7) is 0. The van der Waals surface area contributed by atoms with E-state index in [0.29, 0.717) is 0 Å². The summed E-state index contributed by atoms with van der Waals surface area (Å²) in [4.78, 5) is 0. The molecule has 0 rings (SSSR count). The van der Waals surface area contributed by atoms with Gasteiger partial charge in [0.1, 0.15) is 0 Å². The van der Waals surface area contributed by atoms with Crippen LogP contribution in [0.1, 0.15) is 0 Å². The SMILES string of the molecule is O=S(=O)(O)CCSS(=O)(=O)O. The summed E-state index contributed by atoms with van der Waals surface area (Å²) in [5.74, 6) is -1.09. The van der Waals surface area contributed by atoms with Gasteiger partial charge in [0.2, 0.25) is 0 Å². The second kappa shape index (κ2) is 3.72. The van der Waals surface area contributed by atoms with Gasteiger partial charge < -0.3 is 0 Å². The van der Waals surface area contributed by atoms with Crippen LogP contribution in [-0.2, 0) is 19.3 Å². The summed E-state index contributed by atoms with van der Waals surface area (Å²) >= 11 is 0. The van der Waals surface area contributed by atoms with E-state index in [1.807, 2.05) is 0 Å². The third-order valence-corrected chi connectivity index (χ3v) is 3.61. The lowest BCUT2D eigenvalue weighted by Gasteiger charge is -1.93. The molecule has 0 unspecified atom stereocenters. The van der Waals surface area contributed by atoms with Crippen molar-refractivity contribution in [2.75, 3.05) is 11.5 Å². The van der Waals surface area contributed by atoms with Crippen molar-refractivity contribution in [1.82, 2.24) is 0 Å². The van der Waals surface area contributed by atoms with E-state index in [1.54, 1.807) is 0 Å². The van der Waals surface area contributed by atoms with Crippen LogP contribution in [0.25, 0.3) is 0 Å². The fourth-order valence-electron chi connectivity index (χ4n) is 0.245. The zero-order chi connectivity index (χ0) is 9.12. The van der Waals surface area contributed by atoms with Gasteiger partial charge in [0.05, 0.1) is 5.75 Å². The van der Waals surface area contributed by atoms with Gasteiger partial charge in [-0.05, 0) is 10.8 Å². The second-order valence-electron chi connectivity index (χ2n) is 1.54. The van der Waals surface area contributed by atoms with E-state index in [0.717, 1.165) is 0 Å². The highest BCUT2D eigenvalue weighted by Crippen LogP contribution is 2.08. The third-order valence-electron chi connectivity index (χ3n) is 0.574. The molecule has 0 amide bonds. The van der Waals surface area contributed by atoms with Crippen LogP contribution >= 0.6 is 10.8 Å². The summed E-state index contributed by atoms with van der Waals surface area (Å²) in [5.41, 5.74) is 0. The first-order valence-electron chi connectivity index (χ1n) is 2.28. The maximum atomic E-state index is 9.98. The average molecular weight is 222 g/mol. The minimum absolute atomic E-state index is 0.0491. The molecule has 0 spiro atoms. The van der Waals surface area contributed by atoms with Gasteiger partial charge in [-0.15, -0.1) is 0 Å². The zero-order valence-electron chi connectivity index (χ0n) is 5.17. The fourth-order valence-corrected chi connectivity index (χ4v) is 2.81. The van der Waals surface area contributed by atoms with E-state index in [2.05, 4.69) is 0 Å². The highest BCUT2D eigenvalue weighted by Gasteiger charge is 2.09. The minimum atomic E-state index is -4.21. The molecular weight excluding hydrogens is 216 g/mol. The smallest absolute Gasteiger partial charge is 0.286 e. The maximum absolute atomic E-state index is 9.98. The molecule has 9 heteroatoms. The van der Waals surface area contributed by atoms with E-state index in [-0.39, 0.29) is 10.8 Å². The Kier molecular flexibility index (Phi) is 3.77. The monoisotopic (exact) mass is 222 g/mol. The average Bonchev–Trinajstić information content (AvgIpc) is 1.55. The minimum Gasteiger partial charge on any atom is -0.286 e. The van der Waals surface area contributed by atoms with Crippen molar-refractivity contribution in [2.24, 2.45) is 0 Å². The summed E-state index contributed by atoms with van der Waals surface area (Å²) in [6.07, 6.45) is 0. The van der Waals surface area contributed by atoms with Gasteiger partial charge >= 0.3 is 9.15 Å². The van der Waals surface area contributed by atoms with Crippen LogP contribution in [-0.4, -0.2) is 37.4 Å². The Hall–Kier alpha value is 0.170. The number of hydrogen-bond acceptors (Lipinski definition) is 5. The lowest BCUT2D eigenvalue weighted by Crippen LogP contribution is -2.07. The van der Waals surface area contributed by atoms with Crippen LogP contribution in [0.3, 0.4) is 0 Å². The van der Waals surface area contributed by atoms with Gasteiger partial charge in [0.15, 0.2) is 0 Å². The molecule has 0 radical (unpaired) electrons. The van der Waals surface area contributed by atoms with Crippen LogP contribution in [0.15, 0.2) is 0 Å². The fraction of sp³-hybridized carbons (Fsp3) is 1.00. The molecule has 0 aromatic rings. The lowest BCUT2D eigenvalue weighted by molar-refractivity contribution is 0.485. The molecule has 0 aromatic carbocycles. The lowest BCUT2D eigenvalue weighted by atomic mass is 11.0. The van der Waals surface area contributed by atoms with Crippen molar-refractivity contribution < 1.29 is 25.9 Å². The predicted octanol–water partition coefficient (Wildman–Crippen LogP) is -0.590. The predicted molar refractivity (Wildman–Crippen MR) is 40.4 cm³/mol. The highest BCUT2D eigenvalue weighted by molar-refractivity contribution is 8.70. The molecule has 0 aliphatic heterocycles. The summed E-state index contributed by atoms with van der Waals surface area (Å²) in [5, 5.41) is 0. The topological polar surface area (TPSA) is 109 Å². The van der Waals surface area contributed by atoms with Crippen molar-refractivity contribution in [2.45, 2.75) is 0 Å². The van der Waals surface area contributed by atoms with Crippen molar-refractivity contribution in [3.63, 3.8) is 0 Å². The van der Waals surface area contributed by atoms with Gasteiger partial charge in [0.25, 0.3) is 10.1 Å². The Morgan fingerprint density at radius 2 is 1.55 bits per heavy atom. The van der Waals surface area contributed by atoms with Crippen molar-refractivity contribution >= 4 is 30.1 Å². The molecule has 68 valence electrons. The Morgan fingerprint density at radius 3 is 1.82 bits per heavy atom. The molecular formula is C2H6O6S3. The molecule has 0 aliphatic rings. The normalized spacial score (nSPS) is 13.3.